The molecule has 0 aliphatic rings. The lowest BCUT2D eigenvalue weighted by molar-refractivity contribution is 0.765. The average molecular weight is 405 g/mol. The Balaban J connectivity index is 3.05. The third-order valence-electron chi connectivity index (χ3n) is 6.11. The van der Waals surface area contributed by atoms with E-state index < -0.39 is 0 Å². The van der Waals surface area contributed by atoms with E-state index in [9.17, 15) is 0 Å². The molecule has 0 amide bonds. The number of nitrogens with one attached hydrogen (secondary N) is 2. The number of hydrogen-bond acceptors (Lipinski definition) is 2. The molecule has 0 atom stereocenters. The van der Waals surface area contributed by atoms with Crippen LogP contribution in [-0.4, -0.2) is 11.4 Å². The molecular formula is C28H40N2. The zero-order valence-electron chi connectivity index (χ0n) is 20.4. The summed E-state index contributed by atoms with van der Waals surface area (Å²) in [5, 5.41) is 17.5. The minimum Gasteiger partial charge on any atom is -0.304 e. The molecule has 0 spiro atoms. The van der Waals surface area contributed by atoms with Crippen molar-refractivity contribution in [2.24, 2.45) is 0 Å². The van der Waals surface area contributed by atoms with Crippen LogP contribution >= 0.6 is 0 Å². The van der Waals surface area contributed by atoms with Gasteiger partial charge in [-0.15, -0.1) is 0 Å². The summed E-state index contributed by atoms with van der Waals surface area (Å²) in [6.45, 7) is 19.6. The second-order valence-corrected chi connectivity index (χ2v) is 9.79. The minimum atomic E-state index is -0.213. The molecule has 0 saturated heterocycles. The standard InChI is InChI=1S/C28H40N2/c1-16(2)21-12-10-13-22(17(3)4)25(21)27(28(30)20(9)29)26-23(18(5)6)14-11-15-24(26)19(7)8/h10-19,27,29-30H,1-9H3. The van der Waals surface area contributed by atoms with Gasteiger partial charge in [0.25, 0.3) is 0 Å². The Morgan fingerprint density at radius 1 is 0.567 bits per heavy atom. The lowest BCUT2D eigenvalue weighted by Gasteiger charge is -2.32. The molecular weight excluding hydrogens is 364 g/mol. The molecule has 2 heteroatoms. The summed E-state index contributed by atoms with van der Waals surface area (Å²) in [6.07, 6.45) is 0. The van der Waals surface area contributed by atoms with E-state index in [1.54, 1.807) is 6.92 Å². The molecule has 0 radical (unpaired) electrons. The predicted molar refractivity (Wildman–Crippen MR) is 132 cm³/mol. The molecule has 0 bridgehead atoms. The van der Waals surface area contributed by atoms with Gasteiger partial charge in [-0.3, -0.25) is 0 Å². The molecule has 2 rings (SSSR count). The fraction of sp³-hybridized carbons (Fsp3) is 0.500. The molecule has 0 aliphatic carbocycles. The van der Waals surface area contributed by atoms with E-state index in [0.717, 1.165) is 0 Å². The highest BCUT2D eigenvalue weighted by Crippen LogP contribution is 2.43. The van der Waals surface area contributed by atoms with Crippen molar-refractivity contribution in [1.82, 2.24) is 0 Å². The highest BCUT2D eigenvalue weighted by Gasteiger charge is 2.32. The topological polar surface area (TPSA) is 47.7 Å². The monoisotopic (exact) mass is 404 g/mol. The van der Waals surface area contributed by atoms with Gasteiger partial charge in [-0.25, -0.2) is 0 Å². The number of hydrogen-bond donors (Lipinski definition) is 2. The van der Waals surface area contributed by atoms with Gasteiger partial charge in [0, 0.05) is 5.71 Å². The van der Waals surface area contributed by atoms with Crippen molar-refractivity contribution < 1.29 is 0 Å². The van der Waals surface area contributed by atoms with Gasteiger partial charge in [-0.1, -0.05) is 91.8 Å². The molecule has 2 nitrogen and oxygen atoms in total. The minimum absolute atomic E-state index is 0.213. The Bertz CT molecular complexity index is 800. The van der Waals surface area contributed by atoms with Gasteiger partial charge in [0.2, 0.25) is 0 Å². The van der Waals surface area contributed by atoms with Crippen molar-refractivity contribution in [2.75, 3.05) is 0 Å². The summed E-state index contributed by atoms with van der Waals surface area (Å²) in [5.74, 6) is 1.21. The van der Waals surface area contributed by atoms with Crippen molar-refractivity contribution in [3.63, 3.8) is 0 Å². The van der Waals surface area contributed by atoms with Gasteiger partial charge in [0.05, 0.1) is 11.6 Å². The Hall–Kier alpha value is -2.22. The zero-order chi connectivity index (χ0) is 22.7. The van der Waals surface area contributed by atoms with Crippen molar-refractivity contribution in [1.29, 1.82) is 10.8 Å². The first-order valence-electron chi connectivity index (χ1n) is 11.4. The van der Waals surface area contributed by atoms with E-state index in [1.165, 1.54) is 33.4 Å². The first-order chi connectivity index (χ1) is 14.0. The Morgan fingerprint density at radius 2 is 0.833 bits per heavy atom. The highest BCUT2D eigenvalue weighted by atomic mass is 14.5. The maximum Gasteiger partial charge on any atom is 0.0637 e. The van der Waals surface area contributed by atoms with Crippen LogP contribution in [-0.2, 0) is 0 Å². The van der Waals surface area contributed by atoms with Gasteiger partial charge < -0.3 is 10.8 Å². The number of benzene rings is 2. The third-order valence-corrected chi connectivity index (χ3v) is 6.11. The van der Waals surface area contributed by atoms with Gasteiger partial charge in [0.1, 0.15) is 0 Å². The molecule has 0 unspecified atom stereocenters. The van der Waals surface area contributed by atoms with Crippen molar-refractivity contribution in [3.05, 3.63) is 69.8 Å². The van der Waals surface area contributed by atoms with E-state index in [0.29, 0.717) is 35.1 Å². The summed E-state index contributed by atoms with van der Waals surface area (Å²) < 4.78 is 0. The quantitative estimate of drug-likeness (QED) is 0.415. The van der Waals surface area contributed by atoms with Crippen LogP contribution in [0.4, 0.5) is 0 Å². The molecule has 0 heterocycles. The molecule has 2 N–H and O–H groups in total. The van der Waals surface area contributed by atoms with Crippen LogP contribution in [0.25, 0.3) is 0 Å². The summed E-state index contributed by atoms with van der Waals surface area (Å²) >= 11 is 0. The zero-order valence-corrected chi connectivity index (χ0v) is 20.4. The van der Waals surface area contributed by atoms with Crippen LogP contribution in [0.3, 0.4) is 0 Å². The number of rotatable bonds is 8. The molecule has 0 saturated carbocycles. The first-order valence-corrected chi connectivity index (χ1v) is 11.4. The summed E-state index contributed by atoms with van der Waals surface area (Å²) in [6, 6.07) is 13.2. The third kappa shape index (κ3) is 4.74. The van der Waals surface area contributed by atoms with Gasteiger partial charge in [-0.05, 0) is 64.0 Å². The van der Waals surface area contributed by atoms with Crippen LogP contribution in [0, 0.1) is 10.8 Å². The van der Waals surface area contributed by atoms with E-state index in [2.05, 4.69) is 91.8 Å². The van der Waals surface area contributed by atoms with E-state index in [1.807, 2.05) is 0 Å². The lowest BCUT2D eigenvalue weighted by atomic mass is 9.72. The van der Waals surface area contributed by atoms with Crippen molar-refractivity contribution >= 4 is 11.4 Å². The predicted octanol–water partition coefficient (Wildman–Crippen LogP) is 8.37. The van der Waals surface area contributed by atoms with Crippen molar-refractivity contribution in [3.8, 4) is 0 Å². The largest absolute Gasteiger partial charge is 0.304 e. The molecule has 0 aliphatic heterocycles. The Morgan fingerprint density at radius 3 is 1.03 bits per heavy atom. The van der Waals surface area contributed by atoms with E-state index in [-0.39, 0.29) is 5.92 Å². The molecule has 2 aromatic carbocycles. The van der Waals surface area contributed by atoms with Crippen LogP contribution < -0.4 is 0 Å². The molecule has 162 valence electrons. The summed E-state index contributed by atoms with van der Waals surface area (Å²) in [5.41, 5.74) is 8.44. The van der Waals surface area contributed by atoms with Crippen LogP contribution in [0.2, 0.25) is 0 Å². The normalized spacial score (nSPS) is 11.9. The fourth-order valence-electron chi connectivity index (χ4n) is 4.53. The lowest BCUT2D eigenvalue weighted by Crippen LogP contribution is -2.26. The summed E-state index contributed by atoms with van der Waals surface area (Å²) in [4.78, 5) is 0. The second kappa shape index (κ2) is 9.73. The maximum absolute atomic E-state index is 9.10. The first kappa shape index (κ1) is 24.1. The average Bonchev–Trinajstić information content (AvgIpc) is 2.67. The molecule has 2 aromatic rings. The SMILES string of the molecule is CC(=N)C(=N)C(c1c(C(C)C)cccc1C(C)C)c1c(C(C)C)cccc1C(C)C. The highest BCUT2D eigenvalue weighted by molar-refractivity contribution is 6.41. The van der Waals surface area contributed by atoms with E-state index in [4.69, 9.17) is 10.8 Å². The van der Waals surface area contributed by atoms with Crippen molar-refractivity contribution in [2.45, 2.75) is 91.9 Å². The fourth-order valence-corrected chi connectivity index (χ4v) is 4.53. The van der Waals surface area contributed by atoms with Gasteiger partial charge >= 0.3 is 0 Å². The van der Waals surface area contributed by atoms with Gasteiger partial charge in [0.15, 0.2) is 0 Å². The summed E-state index contributed by atoms with van der Waals surface area (Å²) in [7, 11) is 0. The van der Waals surface area contributed by atoms with E-state index >= 15 is 0 Å². The van der Waals surface area contributed by atoms with Crippen LogP contribution in [0.5, 0.6) is 0 Å². The van der Waals surface area contributed by atoms with Gasteiger partial charge in [-0.2, -0.15) is 0 Å². The molecule has 30 heavy (non-hydrogen) atoms. The van der Waals surface area contributed by atoms with Crippen LogP contribution in [0.15, 0.2) is 36.4 Å². The smallest absolute Gasteiger partial charge is 0.0637 e. The second-order valence-electron chi connectivity index (χ2n) is 9.79. The maximum atomic E-state index is 9.10. The molecule has 0 aromatic heterocycles. The Kier molecular flexibility index (Phi) is 7.80. The van der Waals surface area contributed by atoms with Crippen LogP contribution in [0.1, 0.15) is 125 Å². The molecule has 0 fully saturated rings. The Labute approximate surface area is 184 Å².